The Morgan fingerprint density at radius 1 is 0.564 bits per heavy atom. The Labute approximate surface area is 240 Å². The van der Waals surface area contributed by atoms with Crippen molar-refractivity contribution in [2.75, 3.05) is 6.61 Å². The first-order valence-corrected chi connectivity index (χ1v) is 17.1. The summed E-state index contributed by atoms with van der Waals surface area (Å²) >= 11 is 0. The Bertz CT molecular complexity index is 723. The zero-order chi connectivity index (χ0) is 28.2. The molecule has 1 heterocycles. The smallest absolute Gasteiger partial charge is 0.377 e. The lowest BCUT2D eigenvalue weighted by atomic mass is 10.0. The lowest BCUT2D eigenvalue weighted by Crippen LogP contribution is -2.12. The summed E-state index contributed by atoms with van der Waals surface area (Å²) in [7, 11) is 0. The van der Waals surface area contributed by atoms with E-state index in [1.807, 2.05) is 0 Å². The molecule has 1 aromatic heterocycles. The van der Waals surface area contributed by atoms with Gasteiger partial charge in [-0.05, 0) is 19.3 Å². The van der Waals surface area contributed by atoms with E-state index >= 15 is 0 Å². The maximum atomic E-state index is 12.5. The molecule has 0 aliphatic carbocycles. The lowest BCUT2D eigenvalue weighted by Gasteiger charge is -2.05. The van der Waals surface area contributed by atoms with Gasteiger partial charge in [0, 0.05) is 0 Å². The summed E-state index contributed by atoms with van der Waals surface area (Å²) in [5.74, 6) is -0.426. The fourth-order valence-electron chi connectivity index (χ4n) is 5.39. The maximum absolute atomic E-state index is 12.5. The third kappa shape index (κ3) is 20.1. The first-order chi connectivity index (χ1) is 19.2. The summed E-state index contributed by atoms with van der Waals surface area (Å²) in [6.07, 6.45) is 34.0. The van der Waals surface area contributed by atoms with Crippen LogP contribution in [0.1, 0.15) is 197 Å². The molecule has 1 N–H and O–H groups in total. The van der Waals surface area contributed by atoms with Crippen LogP contribution >= 0.6 is 0 Å². The van der Waals surface area contributed by atoms with Gasteiger partial charge in [0.1, 0.15) is 0 Å². The molecule has 0 fully saturated rings. The van der Waals surface area contributed by atoms with Crippen LogP contribution in [0.15, 0.2) is 9.32 Å². The summed E-state index contributed by atoms with van der Waals surface area (Å²) < 4.78 is 10.6. The number of unbranched alkanes of at least 4 members (excludes halogenated alkanes) is 24. The number of carbonyl (C=O) groups is 1. The van der Waals surface area contributed by atoms with Crippen LogP contribution in [0, 0.1) is 0 Å². The second kappa shape index (κ2) is 26.7. The number of aromatic amines is 1. The largest absolute Gasteiger partial charge is 0.460 e. The maximum Gasteiger partial charge on any atom is 0.377 e. The molecule has 0 radical (unpaired) electrons. The highest BCUT2D eigenvalue weighted by Gasteiger charge is 2.21. The highest BCUT2D eigenvalue weighted by molar-refractivity contribution is 5.87. The molecule has 5 heteroatoms. The van der Waals surface area contributed by atoms with Crippen molar-refractivity contribution in [3.63, 3.8) is 0 Å². The normalized spacial score (nSPS) is 11.3. The minimum absolute atomic E-state index is 0.0773. The number of hydrogen-bond acceptors (Lipinski definition) is 4. The zero-order valence-corrected chi connectivity index (χ0v) is 25.9. The van der Waals surface area contributed by atoms with Gasteiger partial charge in [-0.3, -0.25) is 4.79 Å². The van der Waals surface area contributed by atoms with E-state index in [0.717, 1.165) is 25.7 Å². The Morgan fingerprint density at radius 2 is 0.923 bits per heavy atom. The highest BCUT2D eigenvalue weighted by Crippen LogP contribution is 2.16. The van der Waals surface area contributed by atoms with Gasteiger partial charge in [-0.1, -0.05) is 168 Å². The van der Waals surface area contributed by atoms with Gasteiger partial charge in [0.15, 0.2) is 0 Å². The highest BCUT2D eigenvalue weighted by atomic mass is 16.6. The van der Waals surface area contributed by atoms with Crippen molar-refractivity contribution in [1.82, 2.24) is 5.16 Å². The van der Waals surface area contributed by atoms with Crippen LogP contribution in [0.5, 0.6) is 0 Å². The zero-order valence-electron chi connectivity index (χ0n) is 25.9. The molecule has 0 saturated carbocycles. The second-order valence-corrected chi connectivity index (χ2v) is 11.7. The predicted octanol–water partition coefficient (Wildman–Crippen LogP) is 10.8. The van der Waals surface area contributed by atoms with E-state index in [2.05, 4.69) is 19.0 Å². The van der Waals surface area contributed by atoms with E-state index < -0.39 is 5.97 Å². The summed E-state index contributed by atoms with van der Waals surface area (Å²) in [4.78, 5) is 24.6. The average molecular weight is 550 g/mol. The monoisotopic (exact) mass is 549 g/mol. The Hall–Kier alpha value is -1.52. The van der Waals surface area contributed by atoms with Crippen LogP contribution in [0.25, 0.3) is 0 Å². The first kappa shape index (κ1) is 35.5. The summed E-state index contributed by atoms with van der Waals surface area (Å²) in [5, 5.41) is 2.33. The Balaban J connectivity index is 2.00. The summed E-state index contributed by atoms with van der Waals surface area (Å²) in [6.45, 7) is 4.92. The number of aromatic nitrogens is 1. The standard InChI is InChI=1S/C34H63NO4/c1-3-5-7-9-11-13-15-17-18-20-22-24-26-28-30-38-34(37)32-31(33(36)35-39-32)29-27-25-23-21-19-16-14-12-10-8-6-4-2/h3-30H2,1-2H3,(H,35,36). The Morgan fingerprint density at radius 3 is 1.33 bits per heavy atom. The third-order valence-corrected chi connectivity index (χ3v) is 7.99. The van der Waals surface area contributed by atoms with Crippen LogP contribution in [0.3, 0.4) is 0 Å². The van der Waals surface area contributed by atoms with Crippen LogP contribution in [0.4, 0.5) is 0 Å². The summed E-state index contributed by atoms with van der Waals surface area (Å²) in [5.41, 5.74) is 0.162. The third-order valence-electron chi connectivity index (χ3n) is 7.99. The van der Waals surface area contributed by atoms with Gasteiger partial charge in [-0.25, -0.2) is 4.79 Å². The topological polar surface area (TPSA) is 72.3 Å². The van der Waals surface area contributed by atoms with Crippen LogP contribution in [-0.4, -0.2) is 17.7 Å². The van der Waals surface area contributed by atoms with E-state index in [1.54, 1.807) is 0 Å². The molecule has 0 amide bonds. The Kier molecular flexibility index (Phi) is 24.3. The minimum atomic E-state index is -0.503. The van der Waals surface area contributed by atoms with Gasteiger partial charge >= 0.3 is 5.97 Å². The fourth-order valence-corrected chi connectivity index (χ4v) is 5.39. The lowest BCUT2D eigenvalue weighted by molar-refractivity contribution is 0.0449. The number of H-pyrrole nitrogens is 1. The molecule has 0 aliphatic heterocycles. The number of ether oxygens (including phenoxy) is 1. The van der Waals surface area contributed by atoms with Gasteiger partial charge in [0.25, 0.3) is 5.56 Å². The molecule has 0 bridgehead atoms. The van der Waals surface area contributed by atoms with Crippen molar-refractivity contribution in [3.8, 4) is 0 Å². The van der Waals surface area contributed by atoms with Gasteiger partial charge in [-0.2, -0.15) is 5.16 Å². The van der Waals surface area contributed by atoms with E-state index in [9.17, 15) is 9.59 Å². The fraction of sp³-hybridized carbons (Fsp3) is 0.882. The van der Waals surface area contributed by atoms with Gasteiger partial charge in [0.2, 0.25) is 5.76 Å². The SMILES string of the molecule is CCCCCCCCCCCCCCCCOC(=O)c1o[nH]c(=O)c1CCCCCCCCCCCCCC. The van der Waals surface area contributed by atoms with Gasteiger partial charge < -0.3 is 9.26 Å². The van der Waals surface area contributed by atoms with Crippen molar-refractivity contribution in [2.45, 2.75) is 187 Å². The van der Waals surface area contributed by atoms with Gasteiger partial charge in [0.05, 0.1) is 12.2 Å². The molecular weight excluding hydrogens is 486 g/mol. The molecule has 0 aromatic carbocycles. The quantitative estimate of drug-likeness (QED) is 0.0796. The number of rotatable bonds is 29. The van der Waals surface area contributed by atoms with Crippen LogP contribution < -0.4 is 5.56 Å². The molecule has 1 aromatic rings. The number of nitrogens with one attached hydrogen (secondary N) is 1. The van der Waals surface area contributed by atoms with Crippen LogP contribution in [0.2, 0.25) is 0 Å². The van der Waals surface area contributed by atoms with Gasteiger partial charge in [-0.15, -0.1) is 0 Å². The molecule has 0 unspecified atom stereocenters. The minimum Gasteiger partial charge on any atom is -0.460 e. The number of esters is 1. The van der Waals surface area contributed by atoms with Crippen molar-refractivity contribution in [3.05, 3.63) is 21.7 Å². The summed E-state index contributed by atoms with van der Waals surface area (Å²) in [6, 6.07) is 0. The van der Waals surface area contributed by atoms with E-state index in [1.165, 1.54) is 141 Å². The van der Waals surface area contributed by atoms with E-state index in [0.29, 0.717) is 18.6 Å². The van der Waals surface area contributed by atoms with E-state index in [4.69, 9.17) is 9.26 Å². The molecule has 5 nitrogen and oxygen atoms in total. The number of hydrogen-bond donors (Lipinski definition) is 1. The molecule has 228 valence electrons. The van der Waals surface area contributed by atoms with Crippen molar-refractivity contribution < 1.29 is 14.1 Å². The molecule has 0 saturated heterocycles. The molecule has 39 heavy (non-hydrogen) atoms. The molecule has 0 spiro atoms. The van der Waals surface area contributed by atoms with E-state index in [-0.39, 0.29) is 11.3 Å². The van der Waals surface area contributed by atoms with Crippen molar-refractivity contribution in [2.24, 2.45) is 0 Å². The number of carbonyl (C=O) groups excluding carboxylic acids is 1. The molecule has 0 aliphatic rings. The molecule has 1 rings (SSSR count). The molecular formula is C34H63NO4. The predicted molar refractivity (Wildman–Crippen MR) is 165 cm³/mol. The van der Waals surface area contributed by atoms with Crippen LogP contribution in [-0.2, 0) is 11.2 Å². The van der Waals surface area contributed by atoms with Crippen molar-refractivity contribution >= 4 is 5.97 Å². The van der Waals surface area contributed by atoms with Crippen molar-refractivity contribution in [1.29, 1.82) is 0 Å². The molecule has 0 atom stereocenters. The average Bonchev–Trinajstić information content (AvgIpc) is 3.31. The first-order valence-electron chi connectivity index (χ1n) is 17.1. The second-order valence-electron chi connectivity index (χ2n) is 11.7.